The molecule has 0 atom stereocenters. The molecular formula is C20H20N4O4. The van der Waals surface area contributed by atoms with Gasteiger partial charge in [-0.1, -0.05) is 30.3 Å². The molecule has 2 aromatic rings. The summed E-state index contributed by atoms with van der Waals surface area (Å²) in [5.74, 6) is -1.33. The number of piperidine rings is 1. The lowest BCUT2D eigenvalue weighted by molar-refractivity contribution is -0.127. The number of hydrogen-bond acceptors (Lipinski definition) is 5. The van der Waals surface area contributed by atoms with Crippen LogP contribution >= 0.6 is 0 Å². The Bertz CT molecular complexity index is 923. The van der Waals surface area contributed by atoms with E-state index in [1.807, 2.05) is 35.2 Å². The standard InChI is InChI=1S/C20H20N4O4/c25-17(26)16-12-15(6-9-21-16)23-10-7-20(8-11-23)18(27)22-19(28)24(20)13-14-4-2-1-3-5-14/h1-6,9,12H,7-8,10-11,13H2,(H,25,26)(H,22,27,28). The zero-order valence-corrected chi connectivity index (χ0v) is 15.2. The predicted molar refractivity (Wildman–Crippen MR) is 101 cm³/mol. The summed E-state index contributed by atoms with van der Waals surface area (Å²) in [6.07, 6.45) is 2.42. The summed E-state index contributed by atoms with van der Waals surface area (Å²) < 4.78 is 0. The summed E-state index contributed by atoms with van der Waals surface area (Å²) in [4.78, 5) is 43.8. The van der Waals surface area contributed by atoms with E-state index in [2.05, 4.69) is 10.3 Å². The first-order valence-electron chi connectivity index (χ1n) is 9.11. The van der Waals surface area contributed by atoms with Gasteiger partial charge < -0.3 is 14.9 Å². The van der Waals surface area contributed by atoms with Crippen LogP contribution in [0, 0.1) is 0 Å². The largest absolute Gasteiger partial charge is 0.477 e. The first kappa shape index (κ1) is 18.0. The number of amides is 3. The second-order valence-corrected chi connectivity index (χ2v) is 7.05. The van der Waals surface area contributed by atoms with Gasteiger partial charge >= 0.3 is 12.0 Å². The van der Waals surface area contributed by atoms with Gasteiger partial charge in [0, 0.05) is 31.5 Å². The number of nitrogens with one attached hydrogen (secondary N) is 1. The SMILES string of the molecule is O=C(O)c1cc(N2CCC3(CC2)C(=O)NC(=O)N3Cc2ccccc2)ccn1. The number of benzene rings is 1. The number of pyridine rings is 1. The number of carboxylic acids is 1. The molecule has 8 nitrogen and oxygen atoms in total. The smallest absolute Gasteiger partial charge is 0.354 e. The van der Waals surface area contributed by atoms with E-state index in [1.165, 1.54) is 12.3 Å². The molecule has 3 amide bonds. The number of carbonyl (C=O) groups is 3. The Hall–Kier alpha value is -3.42. The Balaban J connectivity index is 1.54. The maximum absolute atomic E-state index is 12.7. The van der Waals surface area contributed by atoms with E-state index >= 15 is 0 Å². The number of aromatic nitrogens is 1. The molecule has 0 saturated carbocycles. The minimum absolute atomic E-state index is 0.0164. The second-order valence-electron chi connectivity index (χ2n) is 7.05. The zero-order valence-electron chi connectivity index (χ0n) is 15.2. The molecule has 0 aliphatic carbocycles. The maximum Gasteiger partial charge on any atom is 0.354 e. The summed E-state index contributed by atoms with van der Waals surface area (Å²) in [5.41, 5.74) is 0.833. The van der Waals surface area contributed by atoms with E-state index in [-0.39, 0.29) is 17.6 Å². The van der Waals surface area contributed by atoms with E-state index in [4.69, 9.17) is 5.11 Å². The normalized spacial score (nSPS) is 18.4. The average Bonchev–Trinajstić information content (AvgIpc) is 2.93. The lowest BCUT2D eigenvalue weighted by atomic mass is 9.85. The van der Waals surface area contributed by atoms with E-state index in [0.29, 0.717) is 32.5 Å². The molecule has 0 radical (unpaired) electrons. The number of aromatic carboxylic acids is 1. The highest BCUT2D eigenvalue weighted by Gasteiger charge is 2.53. The Morgan fingerprint density at radius 2 is 1.86 bits per heavy atom. The first-order valence-corrected chi connectivity index (χ1v) is 9.11. The molecule has 4 rings (SSSR count). The Labute approximate surface area is 161 Å². The molecular weight excluding hydrogens is 360 g/mol. The third kappa shape index (κ3) is 3.06. The van der Waals surface area contributed by atoms with Crippen molar-refractivity contribution in [2.45, 2.75) is 24.9 Å². The van der Waals surface area contributed by atoms with Gasteiger partial charge in [0.15, 0.2) is 0 Å². The summed E-state index contributed by atoms with van der Waals surface area (Å²) in [6.45, 7) is 1.45. The highest BCUT2D eigenvalue weighted by Crippen LogP contribution is 2.36. The molecule has 3 heterocycles. The van der Waals surface area contributed by atoms with Gasteiger partial charge in [-0.2, -0.15) is 0 Å². The second kappa shape index (κ2) is 6.95. The number of rotatable bonds is 4. The highest BCUT2D eigenvalue weighted by atomic mass is 16.4. The number of anilines is 1. The first-order chi connectivity index (χ1) is 13.5. The minimum Gasteiger partial charge on any atom is -0.477 e. The summed E-state index contributed by atoms with van der Waals surface area (Å²) in [7, 11) is 0. The van der Waals surface area contributed by atoms with Gasteiger partial charge in [0.25, 0.3) is 5.91 Å². The lowest BCUT2D eigenvalue weighted by Crippen LogP contribution is -2.56. The van der Waals surface area contributed by atoms with Crippen molar-refractivity contribution in [3.8, 4) is 0 Å². The van der Waals surface area contributed by atoms with Crippen molar-refractivity contribution in [3.05, 3.63) is 59.9 Å². The molecule has 28 heavy (non-hydrogen) atoms. The predicted octanol–water partition coefficient (Wildman–Crippen LogP) is 1.87. The molecule has 2 saturated heterocycles. The van der Waals surface area contributed by atoms with Crippen LogP contribution in [0.4, 0.5) is 10.5 Å². The van der Waals surface area contributed by atoms with Crippen LogP contribution in [0.15, 0.2) is 48.7 Å². The van der Waals surface area contributed by atoms with Crippen LogP contribution in [0.5, 0.6) is 0 Å². The number of urea groups is 1. The summed E-state index contributed by atoms with van der Waals surface area (Å²) >= 11 is 0. The van der Waals surface area contributed by atoms with Crippen molar-refractivity contribution in [2.75, 3.05) is 18.0 Å². The molecule has 2 aliphatic heterocycles. The van der Waals surface area contributed by atoms with Gasteiger partial charge in [-0.25, -0.2) is 14.6 Å². The summed E-state index contributed by atoms with van der Waals surface area (Å²) in [6, 6.07) is 12.5. The molecule has 0 unspecified atom stereocenters. The Kier molecular flexibility index (Phi) is 4.46. The number of carbonyl (C=O) groups excluding carboxylic acids is 2. The van der Waals surface area contributed by atoms with Gasteiger partial charge in [-0.15, -0.1) is 0 Å². The van der Waals surface area contributed by atoms with Crippen LogP contribution in [-0.2, 0) is 11.3 Å². The fourth-order valence-electron chi connectivity index (χ4n) is 3.95. The molecule has 1 aromatic heterocycles. The summed E-state index contributed by atoms with van der Waals surface area (Å²) in [5, 5.41) is 11.6. The quantitative estimate of drug-likeness (QED) is 0.785. The lowest BCUT2D eigenvalue weighted by Gasteiger charge is -2.43. The highest BCUT2D eigenvalue weighted by molar-refractivity contribution is 6.07. The van der Waals surface area contributed by atoms with Gasteiger partial charge in [-0.3, -0.25) is 10.1 Å². The number of hydrogen-bond donors (Lipinski definition) is 2. The van der Waals surface area contributed by atoms with Crippen molar-refractivity contribution < 1.29 is 19.5 Å². The number of imide groups is 1. The molecule has 8 heteroatoms. The number of carboxylic acid groups (broad SMARTS) is 1. The van der Waals surface area contributed by atoms with Crippen molar-refractivity contribution in [3.63, 3.8) is 0 Å². The van der Waals surface area contributed by atoms with Crippen molar-refractivity contribution in [1.29, 1.82) is 0 Å². The molecule has 144 valence electrons. The van der Waals surface area contributed by atoms with Crippen molar-refractivity contribution in [1.82, 2.24) is 15.2 Å². The van der Waals surface area contributed by atoms with Gasteiger partial charge in [0.05, 0.1) is 0 Å². The van der Waals surface area contributed by atoms with Crippen LogP contribution in [0.1, 0.15) is 28.9 Å². The molecule has 1 spiro atoms. The minimum atomic E-state index is -1.08. The molecule has 0 bridgehead atoms. The van der Waals surface area contributed by atoms with Crippen LogP contribution in [0.25, 0.3) is 0 Å². The van der Waals surface area contributed by atoms with Gasteiger partial charge in [-0.05, 0) is 30.5 Å². The monoisotopic (exact) mass is 380 g/mol. The third-order valence-corrected chi connectivity index (χ3v) is 5.51. The third-order valence-electron chi connectivity index (χ3n) is 5.51. The van der Waals surface area contributed by atoms with E-state index in [0.717, 1.165) is 11.3 Å². The maximum atomic E-state index is 12.7. The zero-order chi connectivity index (χ0) is 19.7. The van der Waals surface area contributed by atoms with E-state index in [1.54, 1.807) is 11.0 Å². The number of nitrogens with zero attached hydrogens (tertiary/aromatic N) is 3. The van der Waals surface area contributed by atoms with Crippen LogP contribution in [0.2, 0.25) is 0 Å². The van der Waals surface area contributed by atoms with Gasteiger partial charge in [0.2, 0.25) is 0 Å². The van der Waals surface area contributed by atoms with Crippen LogP contribution < -0.4 is 10.2 Å². The molecule has 2 N–H and O–H groups in total. The Morgan fingerprint density at radius 1 is 1.14 bits per heavy atom. The average molecular weight is 380 g/mol. The molecule has 2 fully saturated rings. The van der Waals surface area contributed by atoms with Crippen molar-refractivity contribution in [2.24, 2.45) is 0 Å². The van der Waals surface area contributed by atoms with Crippen LogP contribution in [0.3, 0.4) is 0 Å². The van der Waals surface area contributed by atoms with E-state index < -0.39 is 11.5 Å². The fourth-order valence-corrected chi connectivity index (χ4v) is 3.95. The molecule has 2 aliphatic rings. The Morgan fingerprint density at radius 3 is 2.54 bits per heavy atom. The van der Waals surface area contributed by atoms with Gasteiger partial charge in [0.1, 0.15) is 11.2 Å². The fraction of sp³-hybridized carbons (Fsp3) is 0.300. The topological polar surface area (TPSA) is 103 Å². The van der Waals surface area contributed by atoms with E-state index in [9.17, 15) is 14.4 Å². The molecule has 1 aromatic carbocycles. The van der Waals surface area contributed by atoms with Crippen LogP contribution in [-0.4, -0.2) is 51.5 Å². The van der Waals surface area contributed by atoms with Crippen molar-refractivity contribution >= 4 is 23.6 Å².